The summed E-state index contributed by atoms with van der Waals surface area (Å²) < 4.78 is 1.36. The molecule has 0 N–H and O–H groups in total. The predicted octanol–water partition coefficient (Wildman–Crippen LogP) is 7.37. The summed E-state index contributed by atoms with van der Waals surface area (Å²) >= 11 is 35.5. The van der Waals surface area contributed by atoms with E-state index in [2.05, 4.69) is 15.0 Å². The third-order valence-corrected chi connectivity index (χ3v) is 4.91. The zero-order valence-electron chi connectivity index (χ0n) is 15.3. The first-order valence-electron chi connectivity index (χ1n) is 8.39. The molecule has 0 amide bonds. The molecular weight excluding hydrogens is 511 g/mol. The lowest BCUT2D eigenvalue weighted by atomic mass is 10.1. The van der Waals surface area contributed by atoms with Crippen LogP contribution < -0.4 is 4.74 Å². The molecule has 1 heterocycles. The average Bonchev–Trinajstić information content (AvgIpc) is 2.71. The van der Waals surface area contributed by atoms with E-state index < -0.39 is 7.59 Å². The van der Waals surface area contributed by atoms with Crippen LogP contribution in [0, 0.1) is 0 Å². The first kappa shape index (κ1) is 23.4. The normalized spacial score (nSPS) is 12.4. The monoisotopic (exact) mass is 521 g/mol. The molecule has 0 aliphatic rings. The summed E-state index contributed by atoms with van der Waals surface area (Å²) in [6.07, 6.45) is 3.96. The van der Waals surface area contributed by atoms with Crippen molar-refractivity contribution in [3.05, 3.63) is 71.3 Å². The Kier molecular flexibility index (Phi) is 7.39. The molecule has 3 aromatic rings. The molecule has 0 bridgehead atoms. The summed E-state index contributed by atoms with van der Waals surface area (Å²) in [5.41, 5.74) is 2.65. The molecule has 0 unspecified atom stereocenters. The quantitative estimate of drug-likeness (QED) is 0.264. The van der Waals surface area contributed by atoms with Crippen molar-refractivity contribution in [2.24, 2.45) is 0 Å². The van der Waals surface area contributed by atoms with Crippen molar-refractivity contribution in [3.8, 4) is 17.1 Å². The number of alkyl halides is 6. The van der Waals surface area contributed by atoms with Crippen LogP contribution in [0.5, 0.6) is 5.75 Å². The highest BCUT2D eigenvalue weighted by Gasteiger charge is 2.33. The predicted molar refractivity (Wildman–Crippen MR) is 126 cm³/mol. The Morgan fingerprint density at radius 2 is 1.10 bits per heavy atom. The highest BCUT2D eigenvalue weighted by Crippen LogP contribution is 2.40. The second-order valence-electron chi connectivity index (χ2n) is 6.03. The van der Waals surface area contributed by atoms with Crippen LogP contribution in [0.15, 0.2) is 48.5 Å². The van der Waals surface area contributed by atoms with E-state index in [-0.39, 0.29) is 17.5 Å². The van der Waals surface area contributed by atoms with Crippen LogP contribution in [0.4, 0.5) is 0 Å². The van der Waals surface area contributed by atoms with Crippen molar-refractivity contribution < 1.29 is 4.74 Å². The van der Waals surface area contributed by atoms with Crippen LogP contribution in [0.2, 0.25) is 0 Å². The second kappa shape index (κ2) is 9.47. The standard InChI is InChI=1S/C20H13Cl6N3O/c1-30-15-10-6-13(7-11-15)3-2-12-4-8-14(9-5-12)16-27-17(19(21,22)23)29-18(28-16)20(24,25)26/h2-11H,1H3. The highest BCUT2D eigenvalue weighted by atomic mass is 35.6. The van der Waals surface area contributed by atoms with Gasteiger partial charge in [0.25, 0.3) is 0 Å². The van der Waals surface area contributed by atoms with Gasteiger partial charge in [0.1, 0.15) is 5.75 Å². The fourth-order valence-electron chi connectivity index (χ4n) is 2.41. The fourth-order valence-corrected chi connectivity index (χ4v) is 2.92. The fraction of sp³-hybridized carbons (Fsp3) is 0.150. The minimum absolute atomic E-state index is 0.137. The van der Waals surface area contributed by atoms with E-state index in [1.807, 2.05) is 60.7 Å². The van der Waals surface area contributed by atoms with Gasteiger partial charge in [-0.25, -0.2) is 15.0 Å². The van der Waals surface area contributed by atoms with Gasteiger partial charge in [-0.1, -0.05) is 118 Å². The van der Waals surface area contributed by atoms with Crippen LogP contribution >= 0.6 is 69.6 Å². The van der Waals surface area contributed by atoms with Crippen molar-refractivity contribution in [3.63, 3.8) is 0 Å². The largest absolute Gasteiger partial charge is 0.497 e. The van der Waals surface area contributed by atoms with Crippen LogP contribution in [0.1, 0.15) is 22.8 Å². The minimum atomic E-state index is -1.90. The Labute approximate surface area is 203 Å². The Morgan fingerprint density at radius 3 is 1.50 bits per heavy atom. The molecule has 10 heteroatoms. The zero-order chi connectivity index (χ0) is 21.9. The van der Waals surface area contributed by atoms with Crippen molar-refractivity contribution in [1.29, 1.82) is 0 Å². The topological polar surface area (TPSA) is 47.9 Å². The number of methoxy groups -OCH3 is 1. The lowest BCUT2D eigenvalue weighted by Gasteiger charge is -2.15. The van der Waals surface area contributed by atoms with Gasteiger partial charge in [0.15, 0.2) is 17.5 Å². The number of hydrogen-bond acceptors (Lipinski definition) is 4. The van der Waals surface area contributed by atoms with E-state index in [9.17, 15) is 0 Å². The van der Waals surface area contributed by atoms with E-state index in [0.717, 1.165) is 16.9 Å². The van der Waals surface area contributed by atoms with Crippen molar-refractivity contribution >= 4 is 81.8 Å². The number of aromatic nitrogens is 3. The summed E-state index contributed by atoms with van der Waals surface area (Å²) in [5, 5.41) is 0. The molecule has 0 saturated heterocycles. The van der Waals surface area contributed by atoms with Gasteiger partial charge in [0.05, 0.1) is 7.11 Å². The van der Waals surface area contributed by atoms with Gasteiger partial charge in [-0.2, -0.15) is 0 Å². The summed E-state index contributed by atoms with van der Waals surface area (Å²) in [5.74, 6) is 0.750. The Hall–Kier alpha value is -1.27. The molecule has 3 rings (SSSR count). The van der Waals surface area contributed by atoms with Gasteiger partial charge in [-0.05, 0) is 23.3 Å². The summed E-state index contributed by atoms with van der Waals surface area (Å²) in [7, 11) is 1.63. The summed E-state index contributed by atoms with van der Waals surface area (Å²) in [6.45, 7) is 0. The molecule has 0 saturated carbocycles. The molecular formula is C20H13Cl6N3O. The first-order valence-corrected chi connectivity index (χ1v) is 10.7. The van der Waals surface area contributed by atoms with Crippen LogP contribution in [-0.2, 0) is 7.59 Å². The number of rotatable bonds is 4. The van der Waals surface area contributed by atoms with E-state index in [1.54, 1.807) is 7.11 Å². The van der Waals surface area contributed by atoms with Gasteiger partial charge in [0.2, 0.25) is 7.59 Å². The van der Waals surface area contributed by atoms with Crippen LogP contribution in [0.3, 0.4) is 0 Å². The number of ether oxygens (including phenoxy) is 1. The Bertz CT molecular complexity index is 1010. The molecule has 1 aromatic heterocycles. The van der Waals surface area contributed by atoms with Gasteiger partial charge in [-0.3, -0.25) is 0 Å². The number of benzene rings is 2. The molecule has 156 valence electrons. The Morgan fingerprint density at radius 1 is 0.667 bits per heavy atom. The number of halogens is 6. The van der Waals surface area contributed by atoms with Crippen LogP contribution in [-0.4, -0.2) is 22.1 Å². The molecule has 0 aliphatic carbocycles. The first-order chi connectivity index (χ1) is 14.1. The van der Waals surface area contributed by atoms with E-state index >= 15 is 0 Å². The van der Waals surface area contributed by atoms with Gasteiger partial charge in [0, 0.05) is 5.56 Å². The van der Waals surface area contributed by atoms with Crippen molar-refractivity contribution in [2.75, 3.05) is 7.11 Å². The molecule has 0 spiro atoms. The lowest BCUT2D eigenvalue weighted by molar-refractivity contribution is 0.415. The van der Waals surface area contributed by atoms with Gasteiger partial charge < -0.3 is 4.74 Å². The number of nitrogens with zero attached hydrogens (tertiary/aromatic N) is 3. The molecule has 0 radical (unpaired) electrons. The minimum Gasteiger partial charge on any atom is -0.497 e. The maximum atomic E-state index is 5.92. The third kappa shape index (κ3) is 6.13. The van der Waals surface area contributed by atoms with E-state index in [1.165, 1.54) is 0 Å². The number of hydrogen-bond donors (Lipinski definition) is 0. The molecule has 30 heavy (non-hydrogen) atoms. The summed E-state index contributed by atoms with van der Waals surface area (Å²) in [4.78, 5) is 12.4. The maximum absolute atomic E-state index is 5.92. The lowest BCUT2D eigenvalue weighted by Crippen LogP contribution is -2.16. The molecule has 2 aromatic carbocycles. The van der Waals surface area contributed by atoms with E-state index in [0.29, 0.717) is 5.56 Å². The molecule has 0 atom stereocenters. The van der Waals surface area contributed by atoms with Gasteiger partial charge in [-0.15, -0.1) is 0 Å². The molecule has 0 aliphatic heterocycles. The van der Waals surface area contributed by atoms with Gasteiger partial charge >= 0.3 is 0 Å². The van der Waals surface area contributed by atoms with E-state index in [4.69, 9.17) is 74.3 Å². The average molecular weight is 524 g/mol. The molecule has 0 fully saturated rings. The molecule has 4 nitrogen and oxygen atoms in total. The highest BCUT2D eigenvalue weighted by molar-refractivity contribution is 6.67. The third-order valence-electron chi connectivity index (χ3n) is 3.90. The van der Waals surface area contributed by atoms with Crippen molar-refractivity contribution in [1.82, 2.24) is 15.0 Å². The second-order valence-corrected chi connectivity index (χ2v) is 10.6. The van der Waals surface area contributed by atoms with Crippen LogP contribution in [0.25, 0.3) is 23.5 Å². The summed E-state index contributed by atoms with van der Waals surface area (Å²) in [6, 6.07) is 15.1. The SMILES string of the molecule is COc1ccc(C=Cc2ccc(-c3nc(C(Cl)(Cl)Cl)nc(C(Cl)(Cl)Cl)n3)cc2)cc1. The maximum Gasteiger partial charge on any atom is 0.250 e. The smallest absolute Gasteiger partial charge is 0.250 e. The van der Waals surface area contributed by atoms with Crippen molar-refractivity contribution in [2.45, 2.75) is 7.59 Å². The Balaban J connectivity index is 1.89. The zero-order valence-corrected chi connectivity index (χ0v) is 19.8.